The van der Waals surface area contributed by atoms with Gasteiger partial charge in [-0.25, -0.2) is 9.78 Å². The predicted molar refractivity (Wildman–Crippen MR) is 69.0 cm³/mol. The number of esters is 1. The number of ether oxygens (including phenoxy) is 1. The lowest BCUT2D eigenvalue weighted by atomic mass is 10.1. The Kier molecular flexibility index (Phi) is 3.46. The van der Waals surface area contributed by atoms with Gasteiger partial charge < -0.3 is 9.30 Å². The third-order valence-corrected chi connectivity index (χ3v) is 2.76. The van der Waals surface area contributed by atoms with Crippen molar-refractivity contribution >= 4 is 5.97 Å². The molecule has 0 atom stereocenters. The molecule has 94 valence electrons. The van der Waals surface area contributed by atoms with Gasteiger partial charge in [0.1, 0.15) is 6.33 Å². The second kappa shape index (κ2) is 5.04. The quantitative estimate of drug-likeness (QED) is 0.780. The standard InChI is InChI=1S/C14H16N2O2/c1-10(2)13-12(14(17)18-3)15-9-16(13)11-7-5-4-6-8-11/h4-10H,1-3H3. The second-order valence-electron chi connectivity index (χ2n) is 4.33. The number of hydrogen-bond acceptors (Lipinski definition) is 3. The Labute approximate surface area is 106 Å². The second-order valence-corrected chi connectivity index (χ2v) is 4.33. The summed E-state index contributed by atoms with van der Waals surface area (Å²) in [6.07, 6.45) is 1.66. The third-order valence-electron chi connectivity index (χ3n) is 2.76. The van der Waals surface area contributed by atoms with Crippen LogP contribution in [0.2, 0.25) is 0 Å². The van der Waals surface area contributed by atoms with Crippen LogP contribution < -0.4 is 0 Å². The lowest BCUT2D eigenvalue weighted by Gasteiger charge is -2.12. The molecule has 0 saturated heterocycles. The number of carbonyl (C=O) groups is 1. The zero-order chi connectivity index (χ0) is 13.1. The molecule has 1 aromatic heterocycles. The molecule has 4 heteroatoms. The van der Waals surface area contributed by atoms with Crippen molar-refractivity contribution in [3.8, 4) is 5.69 Å². The number of para-hydroxylation sites is 1. The van der Waals surface area contributed by atoms with Gasteiger partial charge in [-0.2, -0.15) is 0 Å². The Balaban J connectivity index is 2.56. The molecule has 0 unspecified atom stereocenters. The first-order valence-corrected chi connectivity index (χ1v) is 5.86. The molecule has 0 bridgehead atoms. The molecule has 0 spiro atoms. The fourth-order valence-electron chi connectivity index (χ4n) is 1.96. The summed E-state index contributed by atoms with van der Waals surface area (Å²) in [5, 5.41) is 0. The summed E-state index contributed by atoms with van der Waals surface area (Å²) in [6, 6.07) is 9.83. The van der Waals surface area contributed by atoms with E-state index in [4.69, 9.17) is 4.74 Å². The molecular formula is C14H16N2O2. The fraction of sp³-hybridized carbons (Fsp3) is 0.286. The molecule has 1 heterocycles. The van der Waals surface area contributed by atoms with Gasteiger partial charge in [0.05, 0.1) is 12.8 Å². The van der Waals surface area contributed by atoms with Crippen molar-refractivity contribution in [2.75, 3.05) is 7.11 Å². The minimum Gasteiger partial charge on any atom is -0.464 e. The molecule has 4 nitrogen and oxygen atoms in total. The highest BCUT2D eigenvalue weighted by atomic mass is 16.5. The SMILES string of the molecule is COC(=O)c1ncn(-c2ccccc2)c1C(C)C. The van der Waals surface area contributed by atoms with Gasteiger partial charge in [-0.3, -0.25) is 0 Å². The van der Waals surface area contributed by atoms with Crippen LogP contribution in [-0.4, -0.2) is 22.6 Å². The zero-order valence-electron chi connectivity index (χ0n) is 10.8. The van der Waals surface area contributed by atoms with E-state index in [-0.39, 0.29) is 5.92 Å². The first kappa shape index (κ1) is 12.4. The van der Waals surface area contributed by atoms with Crippen LogP contribution in [0.1, 0.15) is 35.9 Å². The molecule has 0 fully saturated rings. The van der Waals surface area contributed by atoms with Gasteiger partial charge in [0.25, 0.3) is 0 Å². The van der Waals surface area contributed by atoms with E-state index in [1.165, 1.54) is 7.11 Å². The monoisotopic (exact) mass is 244 g/mol. The molecule has 0 N–H and O–H groups in total. The van der Waals surface area contributed by atoms with Gasteiger partial charge in [0.2, 0.25) is 0 Å². The lowest BCUT2D eigenvalue weighted by molar-refractivity contribution is 0.0592. The average molecular weight is 244 g/mol. The highest BCUT2D eigenvalue weighted by Crippen LogP contribution is 2.23. The third kappa shape index (κ3) is 2.14. The van der Waals surface area contributed by atoms with Crippen molar-refractivity contribution in [2.45, 2.75) is 19.8 Å². The fourth-order valence-corrected chi connectivity index (χ4v) is 1.96. The summed E-state index contributed by atoms with van der Waals surface area (Å²) >= 11 is 0. The molecule has 0 radical (unpaired) electrons. The molecule has 2 rings (SSSR count). The van der Waals surface area contributed by atoms with Crippen LogP contribution >= 0.6 is 0 Å². The molecule has 0 aliphatic rings. The minimum atomic E-state index is -0.395. The maximum Gasteiger partial charge on any atom is 0.358 e. The Morgan fingerprint density at radius 3 is 2.50 bits per heavy atom. The lowest BCUT2D eigenvalue weighted by Crippen LogP contribution is -2.09. The summed E-state index contributed by atoms with van der Waals surface area (Å²) in [4.78, 5) is 15.9. The van der Waals surface area contributed by atoms with Gasteiger partial charge >= 0.3 is 5.97 Å². The molecule has 0 saturated carbocycles. The molecule has 18 heavy (non-hydrogen) atoms. The Hall–Kier alpha value is -2.10. The van der Waals surface area contributed by atoms with Crippen molar-refractivity contribution in [3.05, 3.63) is 48.0 Å². The van der Waals surface area contributed by atoms with E-state index in [9.17, 15) is 4.79 Å². The number of imidazole rings is 1. The van der Waals surface area contributed by atoms with Crippen LogP contribution in [0, 0.1) is 0 Å². The summed E-state index contributed by atoms with van der Waals surface area (Å²) in [5.74, 6) is -0.213. The Bertz CT molecular complexity index is 544. The number of aromatic nitrogens is 2. The van der Waals surface area contributed by atoms with Crippen LogP contribution in [0.4, 0.5) is 0 Å². The maximum atomic E-state index is 11.7. The Morgan fingerprint density at radius 2 is 1.94 bits per heavy atom. The number of benzene rings is 1. The first-order chi connectivity index (χ1) is 8.65. The number of nitrogens with zero attached hydrogens (tertiary/aromatic N) is 2. The zero-order valence-corrected chi connectivity index (χ0v) is 10.8. The van der Waals surface area contributed by atoms with Gasteiger partial charge in [-0.05, 0) is 18.1 Å². The van der Waals surface area contributed by atoms with E-state index in [1.54, 1.807) is 6.33 Å². The number of hydrogen-bond donors (Lipinski definition) is 0. The first-order valence-electron chi connectivity index (χ1n) is 5.86. The molecule has 0 amide bonds. The van der Waals surface area contributed by atoms with Crippen LogP contribution in [0.15, 0.2) is 36.7 Å². The highest BCUT2D eigenvalue weighted by molar-refractivity contribution is 5.88. The van der Waals surface area contributed by atoms with Crippen molar-refractivity contribution in [2.24, 2.45) is 0 Å². The summed E-state index contributed by atoms with van der Waals surface area (Å²) in [7, 11) is 1.37. The molecule has 1 aromatic carbocycles. The molecule has 2 aromatic rings. The van der Waals surface area contributed by atoms with E-state index in [0.29, 0.717) is 5.69 Å². The van der Waals surface area contributed by atoms with Crippen molar-refractivity contribution < 1.29 is 9.53 Å². The summed E-state index contributed by atoms with van der Waals surface area (Å²) in [5.41, 5.74) is 2.24. The van der Waals surface area contributed by atoms with Crippen LogP contribution in [-0.2, 0) is 4.74 Å². The topological polar surface area (TPSA) is 44.1 Å². The number of methoxy groups -OCH3 is 1. The van der Waals surface area contributed by atoms with Gasteiger partial charge in [0.15, 0.2) is 5.69 Å². The molecule has 0 aliphatic heterocycles. The number of rotatable bonds is 3. The van der Waals surface area contributed by atoms with Gasteiger partial charge in [-0.1, -0.05) is 32.0 Å². The average Bonchev–Trinajstić information content (AvgIpc) is 2.83. The van der Waals surface area contributed by atoms with E-state index in [2.05, 4.69) is 4.98 Å². The normalized spacial score (nSPS) is 10.7. The van der Waals surface area contributed by atoms with Crippen molar-refractivity contribution in [1.82, 2.24) is 9.55 Å². The largest absolute Gasteiger partial charge is 0.464 e. The van der Waals surface area contributed by atoms with E-state index in [0.717, 1.165) is 11.4 Å². The van der Waals surface area contributed by atoms with Crippen molar-refractivity contribution in [1.29, 1.82) is 0 Å². The van der Waals surface area contributed by atoms with Gasteiger partial charge in [-0.15, -0.1) is 0 Å². The minimum absolute atomic E-state index is 0.182. The molecular weight excluding hydrogens is 228 g/mol. The Morgan fingerprint density at radius 1 is 1.28 bits per heavy atom. The van der Waals surface area contributed by atoms with Crippen LogP contribution in [0.3, 0.4) is 0 Å². The summed E-state index contributed by atoms with van der Waals surface area (Å²) < 4.78 is 6.69. The van der Waals surface area contributed by atoms with E-state index < -0.39 is 5.97 Å². The van der Waals surface area contributed by atoms with E-state index in [1.807, 2.05) is 48.7 Å². The molecule has 0 aliphatic carbocycles. The van der Waals surface area contributed by atoms with Crippen molar-refractivity contribution in [3.63, 3.8) is 0 Å². The van der Waals surface area contributed by atoms with Crippen LogP contribution in [0.5, 0.6) is 0 Å². The summed E-state index contributed by atoms with van der Waals surface area (Å²) in [6.45, 7) is 4.06. The smallest absolute Gasteiger partial charge is 0.358 e. The van der Waals surface area contributed by atoms with Crippen LogP contribution in [0.25, 0.3) is 5.69 Å². The van der Waals surface area contributed by atoms with E-state index >= 15 is 0 Å². The highest BCUT2D eigenvalue weighted by Gasteiger charge is 2.21. The maximum absolute atomic E-state index is 11.7. The predicted octanol–water partition coefficient (Wildman–Crippen LogP) is 2.78. The number of carbonyl (C=O) groups excluding carboxylic acids is 1. The van der Waals surface area contributed by atoms with Gasteiger partial charge in [0, 0.05) is 5.69 Å².